The second kappa shape index (κ2) is 7.74. The van der Waals surface area contributed by atoms with Gasteiger partial charge in [-0.1, -0.05) is 12.1 Å². The summed E-state index contributed by atoms with van der Waals surface area (Å²) in [7, 11) is 1.54. The molecule has 24 heavy (non-hydrogen) atoms. The van der Waals surface area contributed by atoms with Crippen molar-refractivity contribution in [1.82, 2.24) is 15.3 Å². The zero-order valence-corrected chi connectivity index (χ0v) is 13.6. The molecule has 0 bridgehead atoms. The molecule has 7 nitrogen and oxygen atoms in total. The molecule has 0 spiro atoms. The lowest BCUT2D eigenvalue weighted by molar-refractivity contribution is 0.0947. The van der Waals surface area contributed by atoms with E-state index in [9.17, 15) is 4.79 Å². The molecule has 3 rings (SSSR count). The van der Waals surface area contributed by atoms with Crippen LogP contribution in [0.15, 0.2) is 36.5 Å². The van der Waals surface area contributed by atoms with E-state index in [1.807, 2.05) is 12.1 Å². The number of aromatic nitrogens is 2. The smallest absolute Gasteiger partial charge is 0.255 e. The maximum Gasteiger partial charge on any atom is 0.255 e. The van der Waals surface area contributed by atoms with Crippen LogP contribution >= 0.6 is 0 Å². The lowest BCUT2D eigenvalue weighted by Gasteiger charge is -2.27. The van der Waals surface area contributed by atoms with Crippen LogP contribution in [0, 0.1) is 0 Å². The lowest BCUT2D eigenvalue weighted by Crippen LogP contribution is -2.37. The second-order valence-electron chi connectivity index (χ2n) is 5.31. The predicted octanol–water partition coefficient (Wildman–Crippen LogP) is 1.25. The molecule has 0 atom stereocenters. The summed E-state index contributed by atoms with van der Waals surface area (Å²) in [5.41, 5.74) is 0.490. The van der Waals surface area contributed by atoms with Crippen LogP contribution < -0.4 is 15.0 Å². The minimum absolute atomic E-state index is 0.215. The number of hydrogen-bond acceptors (Lipinski definition) is 6. The molecule has 1 N–H and O–H groups in total. The van der Waals surface area contributed by atoms with Gasteiger partial charge >= 0.3 is 0 Å². The van der Waals surface area contributed by atoms with Gasteiger partial charge in [-0.3, -0.25) is 4.79 Å². The van der Waals surface area contributed by atoms with Crippen molar-refractivity contribution in [3.8, 4) is 5.75 Å². The van der Waals surface area contributed by atoms with Crippen molar-refractivity contribution in [1.29, 1.82) is 0 Å². The number of morpholine rings is 1. The van der Waals surface area contributed by atoms with E-state index >= 15 is 0 Å². The first-order valence-electron chi connectivity index (χ1n) is 7.84. The molecule has 2 heterocycles. The number of ether oxygens (including phenoxy) is 2. The van der Waals surface area contributed by atoms with Crippen molar-refractivity contribution in [3.63, 3.8) is 0 Å². The second-order valence-corrected chi connectivity index (χ2v) is 5.31. The van der Waals surface area contributed by atoms with Crippen LogP contribution in [-0.2, 0) is 11.3 Å². The molecular formula is C17H20N4O3. The number of carbonyl (C=O) groups is 1. The highest BCUT2D eigenvalue weighted by Crippen LogP contribution is 2.17. The van der Waals surface area contributed by atoms with Crippen LogP contribution in [-0.4, -0.2) is 49.3 Å². The molecule has 0 radical (unpaired) electrons. The standard InChI is InChI=1S/C17H20N4O3/c1-23-14-5-3-2-4-13(14)17(22)19-12-15-18-7-6-16(20-15)21-8-10-24-11-9-21/h2-7H,8-12H2,1H3,(H,19,22). The third-order valence-electron chi connectivity index (χ3n) is 3.78. The minimum atomic E-state index is -0.215. The Morgan fingerprint density at radius 1 is 1.29 bits per heavy atom. The van der Waals surface area contributed by atoms with Crippen LogP contribution in [0.4, 0.5) is 5.82 Å². The molecule has 1 saturated heterocycles. The summed E-state index contributed by atoms with van der Waals surface area (Å²) in [4.78, 5) is 23.2. The van der Waals surface area contributed by atoms with Crippen LogP contribution in [0.3, 0.4) is 0 Å². The Labute approximate surface area is 140 Å². The summed E-state index contributed by atoms with van der Waals surface area (Å²) >= 11 is 0. The molecule has 1 aliphatic heterocycles. The van der Waals surface area contributed by atoms with E-state index in [1.54, 1.807) is 31.5 Å². The van der Waals surface area contributed by atoms with Crippen molar-refractivity contribution >= 4 is 11.7 Å². The van der Waals surface area contributed by atoms with Gasteiger partial charge in [0.15, 0.2) is 0 Å². The fraction of sp³-hybridized carbons (Fsp3) is 0.353. The average Bonchev–Trinajstić information content (AvgIpc) is 2.67. The third-order valence-corrected chi connectivity index (χ3v) is 3.78. The monoisotopic (exact) mass is 328 g/mol. The fourth-order valence-corrected chi connectivity index (χ4v) is 2.53. The molecule has 0 saturated carbocycles. The van der Waals surface area contributed by atoms with Gasteiger partial charge in [-0.05, 0) is 18.2 Å². The van der Waals surface area contributed by atoms with Crippen LogP contribution in [0.1, 0.15) is 16.2 Å². The summed E-state index contributed by atoms with van der Waals surface area (Å²) < 4.78 is 10.6. The van der Waals surface area contributed by atoms with Crippen molar-refractivity contribution in [2.24, 2.45) is 0 Å². The van der Waals surface area contributed by atoms with Gasteiger partial charge < -0.3 is 19.7 Å². The molecular weight excluding hydrogens is 308 g/mol. The normalized spacial score (nSPS) is 14.3. The van der Waals surface area contributed by atoms with Crippen molar-refractivity contribution < 1.29 is 14.3 Å². The number of hydrogen-bond donors (Lipinski definition) is 1. The molecule has 1 aliphatic rings. The van der Waals surface area contributed by atoms with Crippen molar-refractivity contribution in [3.05, 3.63) is 47.9 Å². The maximum absolute atomic E-state index is 12.3. The highest BCUT2D eigenvalue weighted by molar-refractivity contribution is 5.96. The first-order chi connectivity index (χ1) is 11.8. The average molecular weight is 328 g/mol. The number of benzene rings is 1. The Balaban J connectivity index is 1.65. The molecule has 1 fully saturated rings. The molecule has 0 unspecified atom stereocenters. The Morgan fingerprint density at radius 3 is 2.88 bits per heavy atom. The van der Waals surface area contributed by atoms with E-state index < -0.39 is 0 Å². The molecule has 0 aliphatic carbocycles. The number of carbonyl (C=O) groups excluding carboxylic acids is 1. The largest absolute Gasteiger partial charge is 0.496 e. The molecule has 126 valence electrons. The SMILES string of the molecule is COc1ccccc1C(=O)NCc1nccc(N2CCOCC2)n1. The number of amides is 1. The van der Waals surface area contributed by atoms with Gasteiger partial charge in [0.2, 0.25) is 0 Å². The summed E-state index contributed by atoms with van der Waals surface area (Å²) in [6.07, 6.45) is 1.71. The molecule has 1 amide bonds. The van der Waals surface area contributed by atoms with Gasteiger partial charge in [-0.15, -0.1) is 0 Å². The van der Waals surface area contributed by atoms with Gasteiger partial charge in [0.1, 0.15) is 17.4 Å². The minimum Gasteiger partial charge on any atom is -0.496 e. The van der Waals surface area contributed by atoms with E-state index in [-0.39, 0.29) is 12.5 Å². The Bertz CT molecular complexity index is 702. The van der Waals surface area contributed by atoms with Gasteiger partial charge in [-0.2, -0.15) is 0 Å². The molecule has 2 aromatic rings. The van der Waals surface area contributed by atoms with Gasteiger partial charge in [0.05, 0.1) is 32.4 Å². The van der Waals surface area contributed by atoms with E-state index in [4.69, 9.17) is 9.47 Å². The summed E-state index contributed by atoms with van der Waals surface area (Å²) in [6, 6.07) is 8.97. The molecule has 7 heteroatoms. The zero-order valence-electron chi connectivity index (χ0n) is 13.6. The maximum atomic E-state index is 12.3. The van der Waals surface area contributed by atoms with Crippen molar-refractivity contribution in [2.45, 2.75) is 6.54 Å². The number of anilines is 1. The topological polar surface area (TPSA) is 76.6 Å². The molecule has 1 aromatic carbocycles. The first-order valence-corrected chi connectivity index (χ1v) is 7.84. The number of nitrogens with zero attached hydrogens (tertiary/aromatic N) is 3. The van der Waals surface area contributed by atoms with Gasteiger partial charge in [-0.25, -0.2) is 9.97 Å². The van der Waals surface area contributed by atoms with Crippen molar-refractivity contribution in [2.75, 3.05) is 38.3 Å². The number of methoxy groups -OCH3 is 1. The predicted molar refractivity (Wildman–Crippen MR) is 89.2 cm³/mol. The van der Waals surface area contributed by atoms with E-state index in [0.717, 1.165) is 18.9 Å². The number of nitrogens with one attached hydrogen (secondary N) is 1. The number of para-hydroxylation sites is 1. The fourth-order valence-electron chi connectivity index (χ4n) is 2.53. The highest BCUT2D eigenvalue weighted by Gasteiger charge is 2.14. The summed E-state index contributed by atoms with van der Waals surface area (Å²) in [5.74, 6) is 1.75. The van der Waals surface area contributed by atoms with Gasteiger partial charge in [0, 0.05) is 19.3 Å². The molecule has 1 aromatic heterocycles. The highest BCUT2D eigenvalue weighted by atomic mass is 16.5. The Morgan fingerprint density at radius 2 is 2.08 bits per heavy atom. The van der Waals surface area contributed by atoms with E-state index in [2.05, 4.69) is 20.2 Å². The van der Waals surface area contributed by atoms with Gasteiger partial charge in [0.25, 0.3) is 5.91 Å². The van der Waals surface area contributed by atoms with Crippen LogP contribution in [0.25, 0.3) is 0 Å². The summed E-state index contributed by atoms with van der Waals surface area (Å²) in [5, 5.41) is 2.83. The summed E-state index contributed by atoms with van der Waals surface area (Å²) in [6.45, 7) is 3.27. The van der Waals surface area contributed by atoms with E-state index in [0.29, 0.717) is 30.4 Å². The lowest BCUT2D eigenvalue weighted by atomic mass is 10.2. The first kappa shape index (κ1) is 16.2. The van der Waals surface area contributed by atoms with E-state index in [1.165, 1.54) is 0 Å². The number of rotatable bonds is 5. The van der Waals surface area contributed by atoms with Crippen LogP contribution in [0.5, 0.6) is 5.75 Å². The Hall–Kier alpha value is -2.67. The van der Waals surface area contributed by atoms with Crippen LogP contribution in [0.2, 0.25) is 0 Å². The third kappa shape index (κ3) is 3.80. The zero-order chi connectivity index (χ0) is 16.8. The quantitative estimate of drug-likeness (QED) is 0.890. The Kier molecular flexibility index (Phi) is 5.22.